The van der Waals surface area contributed by atoms with Crippen LogP contribution >= 0.6 is 0 Å². The summed E-state index contributed by atoms with van der Waals surface area (Å²) in [4.78, 5) is 5.63. The second-order valence-electron chi connectivity index (χ2n) is 6.71. The van der Waals surface area contributed by atoms with Crippen molar-refractivity contribution in [3.8, 4) is 0 Å². The van der Waals surface area contributed by atoms with Gasteiger partial charge in [0.15, 0.2) is 5.96 Å². The standard InChI is InChI=1S/C15H27F3N4O/c1-14(5-3-7-23-14)10-21-13(19-2)20-8-12-4-6-22(9-12)11-15(16,17)18/h12H,3-11H2,1-2H3,(H2,19,20,21). The number of likely N-dealkylation sites (tertiary alicyclic amines) is 1. The third-order valence-electron chi connectivity index (χ3n) is 4.48. The highest BCUT2D eigenvalue weighted by Gasteiger charge is 2.34. The number of hydrogen-bond donors (Lipinski definition) is 2. The molecule has 0 radical (unpaired) electrons. The van der Waals surface area contributed by atoms with E-state index in [1.54, 1.807) is 7.05 Å². The van der Waals surface area contributed by atoms with Gasteiger partial charge >= 0.3 is 6.18 Å². The molecular formula is C15H27F3N4O. The summed E-state index contributed by atoms with van der Waals surface area (Å²) in [5.74, 6) is 0.894. The van der Waals surface area contributed by atoms with E-state index in [1.807, 2.05) is 0 Å². The Kier molecular flexibility index (Phi) is 6.13. The zero-order valence-electron chi connectivity index (χ0n) is 13.9. The number of ether oxygens (including phenoxy) is 1. The van der Waals surface area contributed by atoms with Crippen LogP contribution in [0.5, 0.6) is 0 Å². The summed E-state index contributed by atoms with van der Waals surface area (Å²) in [6.45, 7) is 4.34. The van der Waals surface area contributed by atoms with Crippen LogP contribution in [0.2, 0.25) is 0 Å². The monoisotopic (exact) mass is 336 g/mol. The van der Waals surface area contributed by atoms with Crippen LogP contribution in [0.25, 0.3) is 0 Å². The van der Waals surface area contributed by atoms with Gasteiger partial charge in [-0.15, -0.1) is 0 Å². The van der Waals surface area contributed by atoms with Gasteiger partial charge in [-0.1, -0.05) is 0 Å². The molecular weight excluding hydrogens is 309 g/mol. The first-order chi connectivity index (χ1) is 10.8. The van der Waals surface area contributed by atoms with E-state index in [2.05, 4.69) is 22.5 Å². The number of nitrogens with one attached hydrogen (secondary N) is 2. The second kappa shape index (κ2) is 7.70. The third kappa shape index (κ3) is 6.18. The van der Waals surface area contributed by atoms with Crippen molar-refractivity contribution >= 4 is 5.96 Å². The molecule has 2 aliphatic heterocycles. The van der Waals surface area contributed by atoms with Crippen molar-refractivity contribution in [2.75, 3.05) is 46.4 Å². The minimum absolute atomic E-state index is 0.158. The maximum absolute atomic E-state index is 12.4. The Hall–Kier alpha value is -1.02. The van der Waals surface area contributed by atoms with E-state index >= 15 is 0 Å². The molecule has 23 heavy (non-hydrogen) atoms. The zero-order chi connectivity index (χ0) is 16.9. The van der Waals surface area contributed by atoms with Crippen molar-refractivity contribution in [2.24, 2.45) is 10.9 Å². The molecule has 2 unspecified atom stereocenters. The first-order valence-corrected chi connectivity index (χ1v) is 8.17. The molecule has 2 N–H and O–H groups in total. The Morgan fingerprint density at radius 2 is 2.17 bits per heavy atom. The Morgan fingerprint density at radius 1 is 1.39 bits per heavy atom. The third-order valence-corrected chi connectivity index (χ3v) is 4.48. The second-order valence-corrected chi connectivity index (χ2v) is 6.71. The van der Waals surface area contributed by atoms with Gasteiger partial charge < -0.3 is 15.4 Å². The van der Waals surface area contributed by atoms with Crippen molar-refractivity contribution in [1.29, 1.82) is 0 Å². The Balaban J connectivity index is 1.68. The van der Waals surface area contributed by atoms with E-state index in [1.165, 1.54) is 4.90 Å². The number of hydrogen-bond acceptors (Lipinski definition) is 3. The fourth-order valence-electron chi connectivity index (χ4n) is 3.19. The fraction of sp³-hybridized carbons (Fsp3) is 0.933. The maximum Gasteiger partial charge on any atom is 0.401 e. The van der Waals surface area contributed by atoms with Crippen LogP contribution in [0.3, 0.4) is 0 Å². The topological polar surface area (TPSA) is 48.9 Å². The molecule has 0 aromatic carbocycles. The van der Waals surface area contributed by atoms with Crippen LogP contribution in [0.1, 0.15) is 26.2 Å². The van der Waals surface area contributed by atoms with E-state index in [-0.39, 0.29) is 11.5 Å². The van der Waals surface area contributed by atoms with Gasteiger partial charge in [-0.25, -0.2) is 0 Å². The Labute approximate surface area is 135 Å². The van der Waals surface area contributed by atoms with Crippen molar-refractivity contribution in [1.82, 2.24) is 15.5 Å². The lowest BCUT2D eigenvalue weighted by atomic mass is 10.0. The van der Waals surface area contributed by atoms with E-state index in [0.29, 0.717) is 32.1 Å². The molecule has 0 amide bonds. The van der Waals surface area contributed by atoms with Crippen molar-refractivity contribution in [2.45, 2.75) is 38.0 Å². The van der Waals surface area contributed by atoms with Crippen LogP contribution in [0.15, 0.2) is 4.99 Å². The molecule has 2 rings (SSSR count). The van der Waals surface area contributed by atoms with E-state index < -0.39 is 12.7 Å². The maximum atomic E-state index is 12.4. The van der Waals surface area contributed by atoms with Crippen LogP contribution in [0, 0.1) is 5.92 Å². The SMILES string of the molecule is CN=C(NCC1CCN(CC(F)(F)F)C1)NCC1(C)CCCO1. The highest BCUT2D eigenvalue weighted by molar-refractivity contribution is 5.79. The molecule has 0 spiro atoms. The quantitative estimate of drug-likeness (QED) is 0.592. The van der Waals surface area contributed by atoms with E-state index in [0.717, 1.165) is 25.9 Å². The van der Waals surface area contributed by atoms with Gasteiger partial charge in [-0.05, 0) is 38.6 Å². The lowest BCUT2D eigenvalue weighted by molar-refractivity contribution is -0.143. The van der Waals surface area contributed by atoms with Crippen LogP contribution in [-0.2, 0) is 4.74 Å². The summed E-state index contributed by atoms with van der Waals surface area (Å²) in [5.41, 5.74) is -0.158. The molecule has 5 nitrogen and oxygen atoms in total. The summed E-state index contributed by atoms with van der Waals surface area (Å²) in [6.07, 6.45) is -1.25. The number of guanidine groups is 1. The van der Waals surface area contributed by atoms with Gasteiger partial charge in [0, 0.05) is 33.3 Å². The molecule has 0 bridgehead atoms. The van der Waals surface area contributed by atoms with Gasteiger partial charge in [0.1, 0.15) is 0 Å². The van der Waals surface area contributed by atoms with E-state index in [9.17, 15) is 13.2 Å². The average Bonchev–Trinajstić information content (AvgIpc) is 3.07. The van der Waals surface area contributed by atoms with Gasteiger partial charge in [0.2, 0.25) is 0 Å². The van der Waals surface area contributed by atoms with E-state index in [4.69, 9.17) is 4.74 Å². The summed E-state index contributed by atoms with van der Waals surface area (Å²) in [5, 5.41) is 6.46. The lowest BCUT2D eigenvalue weighted by Crippen LogP contribution is -2.46. The molecule has 2 atom stereocenters. The normalized spacial score (nSPS) is 30.0. The largest absolute Gasteiger partial charge is 0.401 e. The van der Waals surface area contributed by atoms with Gasteiger partial charge in [0.05, 0.1) is 12.1 Å². The number of rotatable bonds is 5. The zero-order valence-corrected chi connectivity index (χ0v) is 13.9. The molecule has 0 aromatic rings. The predicted octanol–water partition coefficient (Wildman–Crippen LogP) is 1.60. The summed E-state index contributed by atoms with van der Waals surface area (Å²) in [6, 6.07) is 0. The predicted molar refractivity (Wildman–Crippen MR) is 83.6 cm³/mol. The van der Waals surface area contributed by atoms with Crippen LogP contribution in [0.4, 0.5) is 13.2 Å². The van der Waals surface area contributed by atoms with Gasteiger partial charge in [-0.2, -0.15) is 13.2 Å². The average molecular weight is 336 g/mol. The molecule has 0 saturated carbocycles. The number of halogens is 3. The number of alkyl halides is 3. The van der Waals surface area contributed by atoms with Gasteiger partial charge in [-0.3, -0.25) is 9.89 Å². The molecule has 8 heteroatoms. The molecule has 2 aliphatic rings. The molecule has 2 saturated heterocycles. The summed E-state index contributed by atoms with van der Waals surface area (Å²) in [7, 11) is 1.69. The fourth-order valence-corrected chi connectivity index (χ4v) is 3.19. The molecule has 2 fully saturated rings. The number of aliphatic imine (C=N–C) groups is 1. The minimum Gasteiger partial charge on any atom is -0.373 e. The first kappa shape index (κ1) is 18.3. The van der Waals surface area contributed by atoms with Crippen LogP contribution in [-0.4, -0.2) is 69.0 Å². The van der Waals surface area contributed by atoms with Crippen molar-refractivity contribution in [3.05, 3.63) is 0 Å². The molecule has 2 heterocycles. The van der Waals surface area contributed by atoms with Crippen LogP contribution < -0.4 is 10.6 Å². The Bertz CT molecular complexity index is 408. The first-order valence-electron chi connectivity index (χ1n) is 8.17. The lowest BCUT2D eigenvalue weighted by Gasteiger charge is -2.25. The summed E-state index contributed by atoms with van der Waals surface area (Å²) >= 11 is 0. The minimum atomic E-state index is -4.11. The van der Waals surface area contributed by atoms with Gasteiger partial charge in [0.25, 0.3) is 0 Å². The van der Waals surface area contributed by atoms with Crippen molar-refractivity contribution < 1.29 is 17.9 Å². The number of nitrogens with zero attached hydrogens (tertiary/aromatic N) is 2. The highest BCUT2D eigenvalue weighted by atomic mass is 19.4. The molecule has 134 valence electrons. The summed E-state index contributed by atoms with van der Waals surface area (Å²) < 4.78 is 42.9. The Morgan fingerprint density at radius 3 is 2.78 bits per heavy atom. The smallest absolute Gasteiger partial charge is 0.373 e. The molecule has 0 aromatic heterocycles. The highest BCUT2D eigenvalue weighted by Crippen LogP contribution is 2.24. The van der Waals surface area contributed by atoms with Crippen molar-refractivity contribution in [3.63, 3.8) is 0 Å². The molecule has 0 aliphatic carbocycles.